The van der Waals surface area contributed by atoms with Crippen molar-refractivity contribution in [1.82, 2.24) is 4.90 Å². The van der Waals surface area contributed by atoms with Gasteiger partial charge in [-0.15, -0.1) is 0 Å². The molecule has 1 aliphatic heterocycles. The number of alkyl halides is 3. The molecule has 1 aromatic heterocycles. The number of carbonyl (C=O) groups excluding carboxylic acids is 1. The predicted molar refractivity (Wildman–Crippen MR) is 83.9 cm³/mol. The number of furan rings is 1. The standard InChI is InChI=1S/C18H18F3NO3/c19-18(20,21)14-4-1-3-13(11-14)17(23)22(12-16-5-2-8-25-16)15-6-9-24-10-7-15/h1-5,8,11,15H,6-7,9-10,12H2. The first-order chi connectivity index (χ1) is 11.9. The van der Waals surface area contributed by atoms with Crippen LogP contribution in [0.2, 0.25) is 0 Å². The highest BCUT2D eigenvalue weighted by Crippen LogP contribution is 2.30. The van der Waals surface area contributed by atoms with Crippen LogP contribution in [-0.4, -0.2) is 30.1 Å². The molecule has 4 nitrogen and oxygen atoms in total. The fourth-order valence-electron chi connectivity index (χ4n) is 2.93. The second-order valence-corrected chi connectivity index (χ2v) is 5.93. The van der Waals surface area contributed by atoms with E-state index in [2.05, 4.69) is 0 Å². The minimum Gasteiger partial charge on any atom is -0.467 e. The summed E-state index contributed by atoms with van der Waals surface area (Å²) in [5.41, 5.74) is -0.809. The topological polar surface area (TPSA) is 42.7 Å². The Morgan fingerprint density at radius 2 is 1.92 bits per heavy atom. The maximum atomic E-state index is 12.9. The van der Waals surface area contributed by atoms with Crippen LogP contribution in [0.3, 0.4) is 0 Å². The molecule has 1 amide bonds. The molecule has 1 saturated heterocycles. The van der Waals surface area contributed by atoms with E-state index in [1.54, 1.807) is 17.0 Å². The molecule has 3 rings (SSSR count). The Labute approximate surface area is 143 Å². The molecule has 7 heteroatoms. The second kappa shape index (κ2) is 7.31. The maximum absolute atomic E-state index is 12.9. The summed E-state index contributed by atoms with van der Waals surface area (Å²) in [6.45, 7) is 1.26. The van der Waals surface area contributed by atoms with E-state index in [1.807, 2.05) is 0 Å². The first-order valence-electron chi connectivity index (χ1n) is 8.03. The van der Waals surface area contributed by atoms with Gasteiger partial charge in [-0.05, 0) is 43.2 Å². The molecule has 0 atom stereocenters. The zero-order chi connectivity index (χ0) is 17.9. The maximum Gasteiger partial charge on any atom is 0.416 e. The average Bonchev–Trinajstić information content (AvgIpc) is 3.12. The van der Waals surface area contributed by atoms with E-state index in [9.17, 15) is 18.0 Å². The van der Waals surface area contributed by atoms with Crippen molar-refractivity contribution in [1.29, 1.82) is 0 Å². The van der Waals surface area contributed by atoms with Crippen LogP contribution in [0.4, 0.5) is 13.2 Å². The van der Waals surface area contributed by atoms with Crippen molar-refractivity contribution in [2.24, 2.45) is 0 Å². The van der Waals surface area contributed by atoms with Crippen LogP contribution in [0.5, 0.6) is 0 Å². The van der Waals surface area contributed by atoms with E-state index in [1.165, 1.54) is 18.4 Å². The van der Waals surface area contributed by atoms with Crippen LogP contribution < -0.4 is 0 Å². The van der Waals surface area contributed by atoms with Gasteiger partial charge < -0.3 is 14.1 Å². The summed E-state index contributed by atoms with van der Waals surface area (Å²) in [6, 6.07) is 7.88. The fraction of sp³-hybridized carbons (Fsp3) is 0.389. The van der Waals surface area contributed by atoms with Gasteiger partial charge in [-0.2, -0.15) is 13.2 Å². The molecule has 2 heterocycles. The molecule has 0 N–H and O–H groups in total. The Hall–Kier alpha value is -2.28. The third-order valence-corrected chi connectivity index (χ3v) is 4.24. The van der Waals surface area contributed by atoms with Gasteiger partial charge in [0, 0.05) is 24.8 Å². The van der Waals surface area contributed by atoms with Crippen LogP contribution in [0.25, 0.3) is 0 Å². The van der Waals surface area contributed by atoms with Crippen molar-refractivity contribution in [3.05, 3.63) is 59.5 Å². The van der Waals surface area contributed by atoms with Crippen LogP contribution in [0.1, 0.15) is 34.5 Å². The molecule has 0 bridgehead atoms. The Balaban J connectivity index is 1.88. The van der Waals surface area contributed by atoms with Crippen molar-refractivity contribution < 1.29 is 27.1 Å². The average molecular weight is 353 g/mol. The number of benzene rings is 1. The number of ether oxygens (including phenoxy) is 1. The fourth-order valence-corrected chi connectivity index (χ4v) is 2.93. The minimum absolute atomic E-state index is 0.0212. The second-order valence-electron chi connectivity index (χ2n) is 5.93. The van der Waals surface area contributed by atoms with E-state index in [0.717, 1.165) is 12.1 Å². The van der Waals surface area contributed by atoms with Crippen LogP contribution >= 0.6 is 0 Å². The summed E-state index contributed by atoms with van der Waals surface area (Å²) in [7, 11) is 0. The molecular weight excluding hydrogens is 335 g/mol. The number of hydrogen-bond acceptors (Lipinski definition) is 3. The molecular formula is C18H18F3NO3. The van der Waals surface area contributed by atoms with Crippen molar-refractivity contribution in [2.75, 3.05) is 13.2 Å². The highest BCUT2D eigenvalue weighted by molar-refractivity contribution is 5.94. The summed E-state index contributed by atoms with van der Waals surface area (Å²) in [5, 5.41) is 0. The molecule has 0 spiro atoms. The molecule has 0 radical (unpaired) electrons. The number of nitrogens with zero attached hydrogens (tertiary/aromatic N) is 1. The molecule has 2 aromatic rings. The van der Waals surface area contributed by atoms with E-state index < -0.39 is 17.6 Å². The molecule has 25 heavy (non-hydrogen) atoms. The van der Waals surface area contributed by atoms with Gasteiger partial charge in [-0.3, -0.25) is 4.79 Å². The zero-order valence-electron chi connectivity index (χ0n) is 13.5. The molecule has 1 fully saturated rings. The molecule has 0 aliphatic carbocycles. The smallest absolute Gasteiger partial charge is 0.416 e. The number of rotatable bonds is 4. The molecule has 134 valence electrons. The van der Waals surface area contributed by atoms with Gasteiger partial charge >= 0.3 is 6.18 Å². The van der Waals surface area contributed by atoms with E-state index in [-0.39, 0.29) is 18.2 Å². The predicted octanol–water partition coefficient (Wildman–Crippen LogP) is 4.12. The van der Waals surface area contributed by atoms with Gasteiger partial charge in [0.05, 0.1) is 18.4 Å². The Morgan fingerprint density at radius 3 is 2.56 bits per heavy atom. The molecule has 0 unspecified atom stereocenters. The summed E-state index contributed by atoms with van der Waals surface area (Å²) >= 11 is 0. The van der Waals surface area contributed by atoms with Gasteiger partial charge in [0.1, 0.15) is 5.76 Å². The summed E-state index contributed by atoms with van der Waals surface area (Å²) in [4.78, 5) is 14.5. The monoisotopic (exact) mass is 353 g/mol. The molecule has 1 aliphatic rings. The quantitative estimate of drug-likeness (QED) is 0.830. The van der Waals surface area contributed by atoms with E-state index >= 15 is 0 Å². The van der Waals surface area contributed by atoms with Crippen molar-refractivity contribution in [3.63, 3.8) is 0 Å². The molecule has 0 saturated carbocycles. The van der Waals surface area contributed by atoms with Crippen molar-refractivity contribution in [3.8, 4) is 0 Å². The van der Waals surface area contributed by atoms with Crippen molar-refractivity contribution >= 4 is 5.91 Å². The zero-order valence-corrected chi connectivity index (χ0v) is 13.5. The lowest BCUT2D eigenvalue weighted by atomic mass is 10.0. The van der Waals surface area contributed by atoms with Gasteiger partial charge in [0.15, 0.2) is 0 Å². The van der Waals surface area contributed by atoms with Gasteiger partial charge in [0.2, 0.25) is 0 Å². The normalized spacial score (nSPS) is 16.0. The molecule has 1 aromatic carbocycles. The van der Waals surface area contributed by atoms with Gasteiger partial charge in [-0.1, -0.05) is 6.07 Å². The van der Waals surface area contributed by atoms with Crippen LogP contribution in [-0.2, 0) is 17.5 Å². The first kappa shape index (κ1) is 17.5. The summed E-state index contributed by atoms with van der Waals surface area (Å²) < 4.78 is 49.4. The SMILES string of the molecule is O=C(c1cccc(C(F)(F)F)c1)N(Cc1ccco1)C1CCOCC1. The summed E-state index contributed by atoms with van der Waals surface area (Å²) in [6.07, 6.45) is -1.69. The third kappa shape index (κ3) is 4.22. The largest absolute Gasteiger partial charge is 0.467 e. The Bertz CT molecular complexity index is 707. The van der Waals surface area contributed by atoms with E-state index in [0.29, 0.717) is 31.8 Å². The minimum atomic E-state index is -4.49. The number of amides is 1. The highest BCUT2D eigenvalue weighted by atomic mass is 19.4. The number of carbonyl (C=O) groups is 1. The Morgan fingerprint density at radius 1 is 1.16 bits per heavy atom. The van der Waals surface area contributed by atoms with E-state index in [4.69, 9.17) is 9.15 Å². The van der Waals surface area contributed by atoms with Crippen LogP contribution in [0, 0.1) is 0 Å². The van der Waals surface area contributed by atoms with Gasteiger partial charge in [0.25, 0.3) is 5.91 Å². The first-order valence-corrected chi connectivity index (χ1v) is 8.03. The lowest BCUT2D eigenvalue weighted by molar-refractivity contribution is -0.137. The number of hydrogen-bond donors (Lipinski definition) is 0. The lowest BCUT2D eigenvalue weighted by Crippen LogP contribution is -2.43. The lowest BCUT2D eigenvalue weighted by Gasteiger charge is -2.34. The summed E-state index contributed by atoms with van der Waals surface area (Å²) in [5.74, 6) is 0.154. The van der Waals surface area contributed by atoms with Crippen LogP contribution in [0.15, 0.2) is 47.1 Å². The third-order valence-electron chi connectivity index (χ3n) is 4.24. The Kier molecular flexibility index (Phi) is 5.13. The number of halogens is 3. The van der Waals surface area contributed by atoms with Crippen molar-refractivity contribution in [2.45, 2.75) is 31.6 Å². The van der Waals surface area contributed by atoms with Gasteiger partial charge in [-0.25, -0.2) is 0 Å². The highest BCUT2D eigenvalue weighted by Gasteiger charge is 2.32.